The Morgan fingerprint density at radius 2 is 2.22 bits per heavy atom. The van der Waals surface area contributed by atoms with E-state index in [9.17, 15) is 4.79 Å². The first-order valence-electron chi connectivity index (χ1n) is 6.35. The van der Waals surface area contributed by atoms with Crippen molar-refractivity contribution in [1.29, 1.82) is 0 Å². The SMILES string of the molecule is C[C@@H]1CNC[C@](Cc2ccccc2)(NC(=O)O)C1. The van der Waals surface area contributed by atoms with Crippen molar-refractivity contribution in [1.82, 2.24) is 10.6 Å². The molecule has 1 heterocycles. The van der Waals surface area contributed by atoms with Crippen LogP contribution in [0.3, 0.4) is 0 Å². The molecule has 4 nitrogen and oxygen atoms in total. The van der Waals surface area contributed by atoms with Crippen LogP contribution in [0.25, 0.3) is 0 Å². The second-order valence-corrected chi connectivity index (χ2v) is 5.31. The first-order chi connectivity index (χ1) is 8.60. The second-order valence-electron chi connectivity index (χ2n) is 5.31. The lowest BCUT2D eigenvalue weighted by Gasteiger charge is -2.40. The van der Waals surface area contributed by atoms with E-state index in [0.717, 1.165) is 19.4 Å². The highest BCUT2D eigenvalue weighted by Crippen LogP contribution is 2.25. The predicted octanol–water partition coefficient (Wildman–Crippen LogP) is 1.86. The zero-order chi connectivity index (χ0) is 13.0. The molecule has 98 valence electrons. The minimum atomic E-state index is -0.943. The van der Waals surface area contributed by atoms with Crippen molar-refractivity contribution in [2.75, 3.05) is 13.1 Å². The average Bonchev–Trinajstić information content (AvgIpc) is 2.28. The van der Waals surface area contributed by atoms with Crippen LogP contribution >= 0.6 is 0 Å². The maximum Gasteiger partial charge on any atom is 0.405 e. The Kier molecular flexibility index (Phi) is 3.87. The summed E-state index contributed by atoms with van der Waals surface area (Å²) in [6, 6.07) is 10.0. The second kappa shape index (κ2) is 5.40. The van der Waals surface area contributed by atoms with Gasteiger partial charge in [-0.2, -0.15) is 0 Å². The van der Waals surface area contributed by atoms with Crippen LogP contribution in [0.5, 0.6) is 0 Å². The smallest absolute Gasteiger partial charge is 0.405 e. The summed E-state index contributed by atoms with van der Waals surface area (Å²) in [6.45, 7) is 3.80. The molecule has 0 spiro atoms. The molecule has 0 aromatic heterocycles. The van der Waals surface area contributed by atoms with Crippen molar-refractivity contribution >= 4 is 6.09 Å². The summed E-state index contributed by atoms with van der Waals surface area (Å²) < 4.78 is 0. The van der Waals surface area contributed by atoms with Gasteiger partial charge in [0.05, 0.1) is 5.54 Å². The van der Waals surface area contributed by atoms with Gasteiger partial charge in [0.2, 0.25) is 0 Å². The summed E-state index contributed by atoms with van der Waals surface area (Å²) in [5.74, 6) is 0.481. The fraction of sp³-hybridized carbons (Fsp3) is 0.500. The zero-order valence-corrected chi connectivity index (χ0v) is 10.6. The Morgan fingerprint density at radius 1 is 1.50 bits per heavy atom. The molecule has 2 atom stereocenters. The summed E-state index contributed by atoms with van der Waals surface area (Å²) in [6.07, 6.45) is 0.667. The normalized spacial score (nSPS) is 27.7. The largest absolute Gasteiger partial charge is 0.465 e. The molecule has 0 bridgehead atoms. The highest BCUT2D eigenvalue weighted by atomic mass is 16.4. The molecule has 1 saturated heterocycles. The number of nitrogens with one attached hydrogen (secondary N) is 2. The lowest BCUT2D eigenvalue weighted by Crippen LogP contribution is -2.60. The molecule has 1 amide bonds. The molecule has 1 fully saturated rings. The van der Waals surface area contributed by atoms with Crippen LogP contribution in [0, 0.1) is 5.92 Å². The predicted molar refractivity (Wildman–Crippen MR) is 70.7 cm³/mol. The summed E-state index contributed by atoms with van der Waals surface area (Å²) in [7, 11) is 0. The molecule has 0 saturated carbocycles. The topological polar surface area (TPSA) is 61.4 Å². The van der Waals surface area contributed by atoms with Gasteiger partial charge in [-0.1, -0.05) is 37.3 Å². The van der Waals surface area contributed by atoms with Crippen molar-refractivity contribution in [3.63, 3.8) is 0 Å². The number of piperidine rings is 1. The van der Waals surface area contributed by atoms with E-state index in [1.807, 2.05) is 30.3 Å². The maximum atomic E-state index is 11.0. The quantitative estimate of drug-likeness (QED) is 0.765. The van der Waals surface area contributed by atoms with Gasteiger partial charge in [0.1, 0.15) is 0 Å². The Hall–Kier alpha value is -1.55. The molecule has 2 rings (SSSR count). The molecule has 1 aromatic rings. The van der Waals surface area contributed by atoms with Gasteiger partial charge in [-0.25, -0.2) is 4.79 Å². The molecule has 0 aliphatic carbocycles. The third kappa shape index (κ3) is 3.23. The molecule has 3 N–H and O–H groups in total. The van der Waals surface area contributed by atoms with Crippen LogP contribution in [0.1, 0.15) is 18.9 Å². The minimum absolute atomic E-state index is 0.384. The molecule has 4 heteroatoms. The number of carbonyl (C=O) groups is 1. The van der Waals surface area contributed by atoms with E-state index in [4.69, 9.17) is 5.11 Å². The monoisotopic (exact) mass is 248 g/mol. The number of hydrogen-bond acceptors (Lipinski definition) is 2. The zero-order valence-electron chi connectivity index (χ0n) is 10.6. The summed E-state index contributed by atoms with van der Waals surface area (Å²) in [5, 5.41) is 15.1. The van der Waals surface area contributed by atoms with E-state index in [0.29, 0.717) is 12.5 Å². The standard InChI is InChI=1S/C14H20N2O2/c1-11-7-14(10-15-9-11,16-13(17)18)8-12-5-3-2-4-6-12/h2-6,11,15-16H,7-10H2,1H3,(H,17,18)/t11-,14-/m0/s1. The van der Waals surface area contributed by atoms with Gasteiger partial charge in [0.25, 0.3) is 0 Å². The molecule has 1 aliphatic heterocycles. The van der Waals surface area contributed by atoms with Crippen molar-refractivity contribution < 1.29 is 9.90 Å². The number of carboxylic acid groups (broad SMARTS) is 1. The van der Waals surface area contributed by atoms with E-state index < -0.39 is 6.09 Å². The van der Waals surface area contributed by atoms with E-state index in [1.54, 1.807) is 0 Å². The first-order valence-corrected chi connectivity index (χ1v) is 6.35. The van der Waals surface area contributed by atoms with Crippen LogP contribution in [0.2, 0.25) is 0 Å². The van der Waals surface area contributed by atoms with Gasteiger partial charge in [-0.05, 0) is 30.9 Å². The Morgan fingerprint density at radius 3 is 2.83 bits per heavy atom. The molecule has 1 aromatic carbocycles. The summed E-state index contributed by atoms with van der Waals surface area (Å²) >= 11 is 0. The Balaban J connectivity index is 2.16. The van der Waals surface area contributed by atoms with Crippen molar-refractivity contribution in [3.8, 4) is 0 Å². The van der Waals surface area contributed by atoms with Crippen LogP contribution in [-0.4, -0.2) is 29.8 Å². The van der Waals surface area contributed by atoms with Crippen LogP contribution < -0.4 is 10.6 Å². The number of benzene rings is 1. The van der Waals surface area contributed by atoms with Crippen molar-refractivity contribution in [3.05, 3.63) is 35.9 Å². The van der Waals surface area contributed by atoms with Gasteiger partial charge in [0, 0.05) is 6.54 Å². The molecule has 18 heavy (non-hydrogen) atoms. The maximum absolute atomic E-state index is 11.0. The van der Waals surface area contributed by atoms with Gasteiger partial charge in [-0.15, -0.1) is 0 Å². The van der Waals surface area contributed by atoms with Crippen LogP contribution in [0.15, 0.2) is 30.3 Å². The third-order valence-electron chi connectivity index (χ3n) is 3.45. The van der Waals surface area contributed by atoms with Gasteiger partial charge in [0.15, 0.2) is 0 Å². The van der Waals surface area contributed by atoms with Crippen molar-refractivity contribution in [2.45, 2.75) is 25.3 Å². The van der Waals surface area contributed by atoms with Crippen LogP contribution in [0.4, 0.5) is 4.79 Å². The lowest BCUT2D eigenvalue weighted by atomic mass is 9.80. The Labute approximate surface area is 107 Å². The highest BCUT2D eigenvalue weighted by Gasteiger charge is 2.36. The van der Waals surface area contributed by atoms with Gasteiger partial charge >= 0.3 is 6.09 Å². The molecular formula is C14H20N2O2. The number of rotatable bonds is 3. The molecule has 0 unspecified atom stereocenters. The van der Waals surface area contributed by atoms with E-state index in [1.165, 1.54) is 5.56 Å². The van der Waals surface area contributed by atoms with E-state index >= 15 is 0 Å². The van der Waals surface area contributed by atoms with Crippen molar-refractivity contribution in [2.24, 2.45) is 5.92 Å². The summed E-state index contributed by atoms with van der Waals surface area (Å²) in [5.41, 5.74) is 0.785. The number of amides is 1. The molecule has 0 radical (unpaired) electrons. The van der Waals surface area contributed by atoms with Gasteiger partial charge in [-0.3, -0.25) is 0 Å². The molecule has 1 aliphatic rings. The fourth-order valence-corrected chi connectivity index (χ4v) is 2.86. The van der Waals surface area contributed by atoms with E-state index in [2.05, 4.69) is 17.6 Å². The molecular weight excluding hydrogens is 228 g/mol. The van der Waals surface area contributed by atoms with E-state index in [-0.39, 0.29) is 5.54 Å². The lowest BCUT2D eigenvalue weighted by molar-refractivity contribution is 0.155. The summed E-state index contributed by atoms with van der Waals surface area (Å²) in [4.78, 5) is 11.0. The Bertz CT molecular complexity index is 408. The first kappa shape index (κ1) is 12.9. The number of hydrogen-bond donors (Lipinski definition) is 3. The average molecular weight is 248 g/mol. The highest BCUT2D eigenvalue weighted by molar-refractivity contribution is 5.65. The third-order valence-corrected chi connectivity index (χ3v) is 3.45. The fourth-order valence-electron chi connectivity index (χ4n) is 2.86. The van der Waals surface area contributed by atoms with Gasteiger partial charge < -0.3 is 15.7 Å². The van der Waals surface area contributed by atoms with Crippen LogP contribution in [-0.2, 0) is 6.42 Å². The minimum Gasteiger partial charge on any atom is -0.465 e.